The lowest BCUT2D eigenvalue weighted by Crippen LogP contribution is -2.56. The Morgan fingerprint density at radius 2 is 1.79 bits per heavy atom. The van der Waals surface area contributed by atoms with Crippen molar-refractivity contribution in [3.8, 4) is 12.3 Å². The number of hydrogen-bond donors (Lipinski definition) is 3. The number of imidazole rings is 1. The zero-order valence-electron chi connectivity index (χ0n) is 24.1. The first-order valence-corrected chi connectivity index (χ1v) is 14.8. The summed E-state index contributed by atoms with van der Waals surface area (Å²) in [6, 6.07) is 10.4. The average molecular weight is 592 g/mol. The van der Waals surface area contributed by atoms with Crippen molar-refractivity contribution in [1.29, 1.82) is 0 Å². The van der Waals surface area contributed by atoms with Crippen LogP contribution in [0.15, 0.2) is 41.2 Å². The smallest absolute Gasteiger partial charge is 0.326 e. The molecule has 3 heterocycles. The Labute approximate surface area is 250 Å². The normalized spacial score (nSPS) is 17.4. The highest BCUT2D eigenvalue weighted by atomic mass is 35.5. The van der Waals surface area contributed by atoms with Crippen LogP contribution in [0.5, 0.6) is 0 Å². The lowest BCUT2D eigenvalue weighted by molar-refractivity contribution is -0.134. The van der Waals surface area contributed by atoms with Crippen molar-refractivity contribution in [2.24, 2.45) is 0 Å². The van der Waals surface area contributed by atoms with Gasteiger partial charge in [0, 0.05) is 50.2 Å². The number of benzene rings is 2. The standard InChI is InChI=1S/C31H38ClN7O3/c1-4-21-17-20(18-24(32)28(21)33)19-26(29(40)37-13-9-22(10-14-37)36(2)3)35-30(41)38-15-11-23(12-16-38)39-27-8-6-5-7-25(27)34-31(39)42/h1,5-8,17-18,22-23,26H,9-16,19,33H2,2-3H3,(H,34,42)(H,35,41)/t26-/m1/s1. The summed E-state index contributed by atoms with van der Waals surface area (Å²) in [6.45, 7) is 2.17. The molecule has 2 aliphatic heterocycles. The Hall–Kier alpha value is -3.94. The van der Waals surface area contributed by atoms with E-state index in [1.807, 2.05) is 29.2 Å². The molecule has 2 saturated heterocycles. The maximum atomic E-state index is 13.8. The Bertz CT molecular complexity index is 1560. The number of nitrogens with zero attached hydrogens (tertiary/aromatic N) is 4. The summed E-state index contributed by atoms with van der Waals surface area (Å²) < 4.78 is 1.79. The van der Waals surface area contributed by atoms with Crippen molar-refractivity contribution in [3.63, 3.8) is 0 Å². The Morgan fingerprint density at radius 3 is 2.45 bits per heavy atom. The molecule has 3 aromatic rings. The molecule has 0 saturated carbocycles. The first-order valence-electron chi connectivity index (χ1n) is 14.4. The summed E-state index contributed by atoms with van der Waals surface area (Å²) >= 11 is 6.34. The zero-order chi connectivity index (χ0) is 30.0. The van der Waals surface area contributed by atoms with Gasteiger partial charge >= 0.3 is 11.7 Å². The second kappa shape index (κ2) is 12.5. The lowest BCUT2D eigenvalue weighted by atomic mass is 9.99. The molecule has 0 unspecified atom stereocenters. The van der Waals surface area contributed by atoms with Gasteiger partial charge in [-0.25, -0.2) is 9.59 Å². The molecule has 2 fully saturated rings. The van der Waals surface area contributed by atoms with E-state index in [1.165, 1.54) is 0 Å². The first kappa shape index (κ1) is 29.5. The highest BCUT2D eigenvalue weighted by Crippen LogP contribution is 2.27. The molecule has 2 aromatic carbocycles. The van der Waals surface area contributed by atoms with E-state index in [1.54, 1.807) is 21.6 Å². The van der Waals surface area contributed by atoms with E-state index < -0.39 is 6.04 Å². The second-order valence-electron chi connectivity index (χ2n) is 11.4. The predicted molar refractivity (Wildman–Crippen MR) is 166 cm³/mol. The number of H-pyrrole nitrogens is 1. The molecule has 5 rings (SSSR count). The monoisotopic (exact) mass is 591 g/mol. The van der Waals surface area contributed by atoms with Crippen LogP contribution in [0, 0.1) is 12.3 Å². The third-order valence-electron chi connectivity index (χ3n) is 8.63. The fourth-order valence-electron chi connectivity index (χ4n) is 6.17. The summed E-state index contributed by atoms with van der Waals surface area (Å²) in [4.78, 5) is 48.7. The third kappa shape index (κ3) is 6.13. The highest BCUT2D eigenvalue weighted by molar-refractivity contribution is 6.33. The van der Waals surface area contributed by atoms with Crippen LogP contribution >= 0.6 is 11.6 Å². The minimum atomic E-state index is -0.798. The minimum Gasteiger partial charge on any atom is -0.397 e. The maximum Gasteiger partial charge on any atom is 0.326 e. The van der Waals surface area contributed by atoms with Gasteiger partial charge in [0.1, 0.15) is 6.04 Å². The van der Waals surface area contributed by atoms with Crippen molar-refractivity contribution < 1.29 is 9.59 Å². The number of aromatic amines is 1. The van der Waals surface area contributed by atoms with Crippen LogP contribution in [0.1, 0.15) is 42.9 Å². The number of carbonyl (C=O) groups excluding carboxylic acids is 2. The van der Waals surface area contributed by atoms with Gasteiger partial charge in [0.25, 0.3) is 0 Å². The molecule has 10 nitrogen and oxygen atoms in total. The highest BCUT2D eigenvalue weighted by Gasteiger charge is 2.33. The van der Waals surface area contributed by atoms with Gasteiger partial charge in [0.2, 0.25) is 5.91 Å². The Balaban J connectivity index is 1.30. The van der Waals surface area contributed by atoms with Crippen molar-refractivity contribution in [1.82, 2.24) is 29.6 Å². The minimum absolute atomic E-state index is 0.0211. The van der Waals surface area contributed by atoms with Crippen molar-refractivity contribution in [3.05, 3.63) is 63.0 Å². The Kier molecular flexibility index (Phi) is 8.80. The summed E-state index contributed by atoms with van der Waals surface area (Å²) in [5.41, 5.74) is 9.04. The number of likely N-dealkylation sites (tertiary alicyclic amines) is 2. The number of para-hydroxylation sites is 2. The largest absolute Gasteiger partial charge is 0.397 e. The quantitative estimate of drug-likeness (QED) is 0.301. The second-order valence-corrected chi connectivity index (χ2v) is 11.9. The van der Waals surface area contributed by atoms with E-state index in [0.29, 0.717) is 61.3 Å². The van der Waals surface area contributed by atoms with Crippen molar-refractivity contribution in [2.45, 2.75) is 50.2 Å². The summed E-state index contributed by atoms with van der Waals surface area (Å²) in [5.74, 6) is 2.42. The number of amides is 3. The van der Waals surface area contributed by atoms with E-state index >= 15 is 0 Å². The van der Waals surface area contributed by atoms with E-state index in [4.69, 9.17) is 23.8 Å². The van der Waals surface area contributed by atoms with Gasteiger partial charge in [-0.15, -0.1) is 6.42 Å². The van der Waals surface area contributed by atoms with Gasteiger partial charge in [-0.2, -0.15) is 0 Å². The average Bonchev–Trinajstić information content (AvgIpc) is 3.33. The number of hydrogen-bond acceptors (Lipinski definition) is 5. The van der Waals surface area contributed by atoms with Gasteiger partial charge in [-0.3, -0.25) is 9.36 Å². The zero-order valence-corrected chi connectivity index (χ0v) is 24.9. The number of nitrogen functional groups attached to an aromatic ring is 1. The number of nitrogens with one attached hydrogen (secondary N) is 2. The molecule has 3 amide bonds. The van der Waals surface area contributed by atoms with Crippen molar-refractivity contribution in [2.75, 3.05) is 46.0 Å². The summed E-state index contributed by atoms with van der Waals surface area (Å²) in [7, 11) is 4.11. The van der Waals surface area contributed by atoms with Crippen LogP contribution < -0.4 is 16.7 Å². The molecule has 0 spiro atoms. The molecule has 11 heteroatoms. The molecule has 0 radical (unpaired) electrons. The first-order chi connectivity index (χ1) is 20.2. The molecular weight excluding hydrogens is 554 g/mol. The van der Waals surface area contributed by atoms with Gasteiger partial charge in [0.05, 0.1) is 21.7 Å². The van der Waals surface area contributed by atoms with Crippen LogP contribution in [0.2, 0.25) is 5.02 Å². The summed E-state index contributed by atoms with van der Waals surface area (Å²) in [5, 5.41) is 3.33. The van der Waals surface area contributed by atoms with Crippen LogP contribution in [0.3, 0.4) is 0 Å². The molecule has 2 aliphatic rings. The molecule has 222 valence electrons. The number of piperidine rings is 2. The van der Waals surface area contributed by atoms with Crippen LogP contribution in [0.4, 0.5) is 10.5 Å². The lowest BCUT2D eigenvalue weighted by Gasteiger charge is -2.38. The maximum absolute atomic E-state index is 13.8. The fourth-order valence-corrected chi connectivity index (χ4v) is 6.42. The molecule has 4 N–H and O–H groups in total. The molecule has 0 aliphatic carbocycles. The van der Waals surface area contributed by atoms with E-state index in [0.717, 1.165) is 29.4 Å². The molecular formula is C31H38ClN7O3. The molecule has 0 bridgehead atoms. The van der Waals surface area contributed by atoms with Gasteiger partial charge < -0.3 is 30.7 Å². The van der Waals surface area contributed by atoms with E-state index in [2.05, 4.69) is 35.2 Å². The number of carbonyl (C=O) groups is 2. The fraction of sp³-hybridized carbons (Fsp3) is 0.452. The number of anilines is 1. The molecule has 1 aromatic heterocycles. The number of nitrogens with two attached hydrogens (primary N) is 1. The third-order valence-corrected chi connectivity index (χ3v) is 8.94. The number of halogens is 1. The predicted octanol–water partition coefficient (Wildman–Crippen LogP) is 3.06. The number of aromatic nitrogens is 2. The molecule has 42 heavy (non-hydrogen) atoms. The molecule has 1 atom stereocenters. The van der Waals surface area contributed by atoms with E-state index in [9.17, 15) is 14.4 Å². The number of terminal acetylenes is 1. The van der Waals surface area contributed by atoms with Gasteiger partial charge in [-0.1, -0.05) is 29.7 Å². The number of fused-ring (bicyclic) bond motifs is 1. The number of rotatable bonds is 6. The van der Waals surface area contributed by atoms with Crippen LogP contribution in [-0.2, 0) is 11.2 Å². The topological polar surface area (TPSA) is 120 Å². The summed E-state index contributed by atoms with van der Waals surface area (Å²) in [6.07, 6.45) is 8.86. The van der Waals surface area contributed by atoms with Gasteiger partial charge in [0.15, 0.2) is 0 Å². The van der Waals surface area contributed by atoms with Crippen molar-refractivity contribution >= 4 is 40.3 Å². The van der Waals surface area contributed by atoms with Gasteiger partial charge in [-0.05, 0) is 69.6 Å². The Morgan fingerprint density at radius 1 is 1.12 bits per heavy atom. The SMILES string of the molecule is C#Cc1cc(C[C@@H](NC(=O)N2CCC(n3c(=O)[nH]c4ccccc43)CC2)C(=O)N2CCC(N(C)C)CC2)cc(Cl)c1N. The number of urea groups is 1. The van der Waals surface area contributed by atoms with Crippen LogP contribution in [0.25, 0.3) is 11.0 Å². The van der Waals surface area contributed by atoms with Crippen LogP contribution in [-0.4, -0.2) is 88.5 Å². The van der Waals surface area contributed by atoms with E-state index in [-0.39, 0.29) is 30.1 Å².